The lowest BCUT2D eigenvalue weighted by molar-refractivity contribution is 0.299. The van der Waals surface area contributed by atoms with E-state index in [4.69, 9.17) is 13.7 Å². The third-order valence-electron chi connectivity index (χ3n) is 3.51. The number of nitrogens with zero attached hydrogens (tertiary/aromatic N) is 3. The van der Waals surface area contributed by atoms with Crippen LogP contribution < -0.4 is 4.74 Å². The molecule has 0 saturated carbocycles. The predicted molar refractivity (Wildman–Crippen MR) is 89.1 cm³/mol. The van der Waals surface area contributed by atoms with Gasteiger partial charge in [0.2, 0.25) is 21.7 Å². The highest BCUT2D eigenvalue weighted by Crippen LogP contribution is 2.21. The van der Waals surface area contributed by atoms with Crippen LogP contribution in [0.25, 0.3) is 11.4 Å². The molecular weight excluding hydrogens is 346 g/mol. The summed E-state index contributed by atoms with van der Waals surface area (Å²) in [6, 6.07) is 10.6. The van der Waals surface area contributed by atoms with Crippen LogP contribution in [0, 0.1) is 0 Å². The molecule has 0 spiro atoms. The van der Waals surface area contributed by atoms with Gasteiger partial charge in [0.05, 0.1) is 32.7 Å². The van der Waals surface area contributed by atoms with Crippen LogP contribution in [0.5, 0.6) is 5.75 Å². The van der Waals surface area contributed by atoms with Crippen molar-refractivity contribution in [2.75, 3.05) is 13.4 Å². The van der Waals surface area contributed by atoms with Gasteiger partial charge in [0.15, 0.2) is 0 Å². The molecule has 0 aliphatic carbocycles. The van der Waals surface area contributed by atoms with E-state index in [2.05, 4.69) is 10.1 Å². The maximum absolute atomic E-state index is 12.0. The minimum absolute atomic E-state index is 0.0390. The van der Waals surface area contributed by atoms with Gasteiger partial charge >= 0.3 is 0 Å². The lowest BCUT2D eigenvalue weighted by Gasteiger charge is -2.16. The van der Waals surface area contributed by atoms with E-state index in [-0.39, 0.29) is 19.0 Å². The van der Waals surface area contributed by atoms with E-state index in [0.29, 0.717) is 17.3 Å². The van der Waals surface area contributed by atoms with E-state index in [0.717, 1.165) is 11.8 Å². The van der Waals surface area contributed by atoms with Gasteiger partial charge in [-0.15, -0.1) is 0 Å². The largest absolute Gasteiger partial charge is 0.497 e. The summed E-state index contributed by atoms with van der Waals surface area (Å²) < 4.78 is 40.7. The van der Waals surface area contributed by atoms with Gasteiger partial charge in [-0.2, -0.15) is 9.29 Å². The lowest BCUT2D eigenvalue weighted by Crippen LogP contribution is -2.29. The smallest absolute Gasteiger partial charge is 0.242 e. The van der Waals surface area contributed by atoms with Crippen molar-refractivity contribution in [3.8, 4) is 17.1 Å². The first-order valence-electron chi connectivity index (χ1n) is 7.40. The second-order valence-corrected chi connectivity index (χ2v) is 7.33. The molecule has 0 aliphatic heterocycles. The molecule has 0 fully saturated rings. The van der Waals surface area contributed by atoms with Crippen molar-refractivity contribution < 1.29 is 22.1 Å². The van der Waals surface area contributed by atoms with Crippen LogP contribution in [-0.4, -0.2) is 36.2 Å². The average Bonchev–Trinajstić information content (AvgIpc) is 3.25. The first kappa shape index (κ1) is 17.2. The highest BCUT2D eigenvalue weighted by molar-refractivity contribution is 7.88. The summed E-state index contributed by atoms with van der Waals surface area (Å²) in [5.74, 6) is 1.82. The molecule has 2 aromatic heterocycles. The van der Waals surface area contributed by atoms with Crippen LogP contribution in [0.15, 0.2) is 51.6 Å². The summed E-state index contributed by atoms with van der Waals surface area (Å²) in [6.07, 6.45) is 2.61. The first-order chi connectivity index (χ1) is 12.0. The molecule has 2 heterocycles. The second-order valence-electron chi connectivity index (χ2n) is 5.35. The van der Waals surface area contributed by atoms with Crippen molar-refractivity contribution in [1.29, 1.82) is 0 Å². The average molecular weight is 363 g/mol. The Morgan fingerprint density at radius 3 is 2.52 bits per heavy atom. The third kappa shape index (κ3) is 4.25. The summed E-state index contributed by atoms with van der Waals surface area (Å²) in [4.78, 5) is 4.26. The van der Waals surface area contributed by atoms with Crippen molar-refractivity contribution in [1.82, 2.24) is 14.4 Å². The van der Waals surface area contributed by atoms with Crippen molar-refractivity contribution >= 4 is 10.0 Å². The molecule has 0 saturated heterocycles. The van der Waals surface area contributed by atoms with Gasteiger partial charge in [0.25, 0.3) is 0 Å². The molecule has 0 amide bonds. The molecule has 25 heavy (non-hydrogen) atoms. The number of hydrogen-bond donors (Lipinski definition) is 0. The van der Waals surface area contributed by atoms with Gasteiger partial charge in [-0.25, -0.2) is 8.42 Å². The standard InChI is InChI=1S/C16H17N3O5S/c1-22-13-7-5-12(6-8-13)16-17-15(24-18-16)11-19(25(2,20)21)10-14-4-3-9-23-14/h3-9H,10-11H2,1-2H3. The Bertz CT molecular complexity index is 917. The molecule has 0 radical (unpaired) electrons. The molecule has 1 aromatic carbocycles. The van der Waals surface area contributed by atoms with Crippen molar-refractivity contribution in [3.63, 3.8) is 0 Å². The van der Waals surface area contributed by atoms with Crippen molar-refractivity contribution in [3.05, 3.63) is 54.3 Å². The van der Waals surface area contributed by atoms with Crippen LogP contribution in [0.1, 0.15) is 11.7 Å². The van der Waals surface area contributed by atoms with E-state index >= 15 is 0 Å². The van der Waals surface area contributed by atoms with E-state index in [1.54, 1.807) is 43.5 Å². The van der Waals surface area contributed by atoms with Crippen LogP contribution in [0.2, 0.25) is 0 Å². The Labute approximate surface area is 145 Å². The first-order valence-corrected chi connectivity index (χ1v) is 9.25. The lowest BCUT2D eigenvalue weighted by atomic mass is 10.2. The number of benzene rings is 1. The van der Waals surface area contributed by atoms with E-state index in [1.807, 2.05) is 0 Å². The van der Waals surface area contributed by atoms with Crippen molar-refractivity contribution in [2.24, 2.45) is 0 Å². The number of sulfonamides is 1. The fraction of sp³-hybridized carbons (Fsp3) is 0.250. The normalized spacial score (nSPS) is 11.8. The molecule has 0 atom stereocenters. The maximum Gasteiger partial charge on any atom is 0.242 e. The summed E-state index contributed by atoms with van der Waals surface area (Å²) in [5.41, 5.74) is 0.743. The molecule has 0 N–H and O–H groups in total. The van der Waals surface area contributed by atoms with Gasteiger partial charge in [-0.3, -0.25) is 0 Å². The highest BCUT2D eigenvalue weighted by atomic mass is 32.2. The van der Waals surface area contributed by atoms with Gasteiger partial charge in [-0.05, 0) is 36.4 Å². The zero-order valence-electron chi connectivity index (χ0n) is 13.7. The summed E-state index contributed by atoms with van der Waals surface area (Å²) in [7, 11) is -1.89. The fourth-order valence-corrected chi connectivity index (χ4v) is 2.90. The number of rotatable bonds is 7. The Kier molecular flexibility index (Phi) is 4.86. The number of furan rings is 1. The van der Waals surface area contributed by atoms with Gasteiger partial charge in [0.1, 0.15) is 11.5 Å². The van der Waals surface area contributed by atoms with E-state index in [1.165, 1.54) is 10.6 Å². The molecule has 0 bridgehead atoms. The Balaban J connectivity index is 1.77. The van der Waals surface area contributed by atoms with E-state index in [9.17, 15) is 8.42 Å². The zero-order chi connectivity index (χ0) is 17.9. The molecule has 8 nitrogen and oxygen atoms in total. The Hall–Kier alpha value is -2.65. The number of aromatic nitrogens is 2. The Morgan fingerprint density at radius 2 is 1.92 bits per heavy atom. The monoisotopic (exact) mass is 363 g/mol. The zero-order valence-corrected chi connectivity index (χ0v) is 14.6. The van der Waals surface area contributed by atoms with E-state index < -0.39 is 10.0 Å². The summed E-state index contributed by atoms with van der Waals surface area (Å²) >= 11 is 0. The van der Waals surface area contributed by atoms with Gasteiger partial charge < -0.3 is 13.7 Å². The highest BCUT2D eigenvalue weighted by Gasteiger charge is 2.22. The second kappa shape index (κ2) is 7.08. The summed E-state index contributed by atoms with van der Waals surface area (Å²) in [5, 5.41) is 3.90. The molecule has 9 heteroatoms. The third-order valence-corrected chi connectivity index (χ3v) is 4.71. The topological polar surface area (TPSA) is 98.7 Å². The molecule has 132 valence electrons. The van der Waals surface area contributed by atoms with Gasteiger partial charge in [-0.1, -0.05) is 5.16 Å². The molecule has 3 aromatic rings. The molecular formula is C16H17N3O5S. The Morgan fingerprint density at radius 1 is 1.16 bits per heavy atom. The van der Waals surface area contributed by atoms with Gasteiger partial charge in [0, 0.05) is 5.56 Å². The van der Waals surface area contributed by atoms with Crippen LogP contribution in [-0.2, 0) is 23.1 Å². The van der Waals surface area contributed by atoms with Crippen LogP contribution in [0.4, 0.5) is 0 Å². The fourth-order valence-electron chi connectivity index (χ4n) is 2.19. The molecule has 0 aliphatic rings. The number of ether oxygens (including phenoxy) is 1. The quantitative estimate of drug-likeness (QED) is 0.635. The van der Waals surface area contributed by atoms with Crippen molar-refractivity contribution in [2.45, 2.75) is 13.1 Å². The van der Waals surface area contributed by atoms with Crippen LogP contribution >= 0.6 is 0 Å². The SMILES string of the molecule is COc1ccc(-c2noc(CN(Cc3ccco3)S(C)(=O)=O)n2)cc1. The number of methoxy groups -OCH3 is 1. The maximum atomic E-state index is 12.0. The molecule has 0 unspecified atom stereocenters. The predicted octanol–water partition coefficient (Wildman–Crippen LogP) is 2.30. The minimum atomic E-state index is -3.47. The number of hydrogen-bond acceptors (Lipinski definition) is 7. The minimum Gasteiger partial charge on any atom is -0.497 e. The molecule has 3 rings (SSSR count). The summed E-state index contributed by atoms with van der Waals surface area (Å²) in [6.45, 7) is 0.0504. The van der Waals surface area contributed by atoms with Crippen LogP contribution in [0.3, 0.4) is 0 Å².